The van der Waals surface area contributed by atoms with Crippen molar-refractivity contribution in [1.29, 1.82) is 0 Å². The molecule has 0 aromatic rings. The van der Waals surface area contributed by atoms with Crippen molar-refractivity contribution in [2.75, 3.05) is 18.1 Å². The van der Waals surface area contributed by atoms with Crippen LogP contribution in [0, 0.1) is 0 Å². The quantitative estimate of drug-likeness (QED) is 0.472. The van der Waals surface area contributed by atoms with Gasteiger partial charge in [-0.3, -0.25) is 0 Å². The predicted molar refractivity (Wildman–Crippen MR) is 60.2 cm³/mol. The molecule has 0 aliphatic carbocycles. The van der Waals surface area contributed by atoms with E-state index in [2.05, 4.69) is 5.73 Å². The van der Waals surface area contributed by atoms with Crippen LogP contribution in [0.5, 0.6) is 0 Å². The molecule has 0 saturated heterocycles. The maximum atomic E-state index is 13.2. The van der Waals surface area contributed by atoms with Crippen molar-refractivity contribution < 1.29 is 54.0 Å². The van der Waals surface area contributed by atoms with E-state index in [1.807, 2.05) is 0 Å². The minimum absolute atomic E-state index is 0.259. The molecule has 23 heavy (non-hydrogen) atoms. The summed E-state index contributed by atoms with van der Waals surface area (Å²) in [6.45, 7) is 0.308. The Balaban J connectivity index is 5.16. The molecule has 0 amide bonds. The van der Waals surface area contributed by atoms with Gasteiger partial charge < -0.3 is 5.73 Å². The van der Waals surface area contributed by atoms with E-state index in [0.717, 1.165) is 11.8 Å². The highest BCUT2D eigenvalue weighted by Crippen LogP contribution is 2.55. The van der Waals surface area contributed by atoms with Crippen molar-refractivity contribution in [3.8, 4) is 0 Å². The Morgan fingerprint density at radius 1 is 0.696 bits per heavy atom. The molecule has 13 heteroatoms. The molecule has 140 valence electrons. The molecule has 0 aromatic carbocycles. The number of halogens is 11. The Bertz CT molecular complexity index is 379. The molecule has 0 spiro atoms. The molecule has 0 aliphatic heterocycles. The van der Waals surface area contributed by atoms with Crippen LogP contribution in [0.2, 0.25) is 0 Å². The van der Waals surface area contributed by atoms with E-state index in [9.17, 15) is 48.3 Å². The zero-order valence-corrected chi connectivity index (χ0v) is 12.1. The lowest BCUT2D eigenvalue weighted by Gasteiger charge is -2.35. The van der Waals surface area contributed by atoms with E-state index in [0.29, 0.717) is 6.54 Å². The summed E-state index contributed by atoms with van der Waals surface area (Å²) < 4.78 is 139. The van der Waals surface area contributed by atoms with Gasteiger partial charge in [-0.1, -0.05) is 0 Å². The Morgan fingerprint density at radius 2 is 1.17 bits per heavy atom. The van der Waals surface area contributed by atoms with Crippen molar-refractivity contribution in [1.82, 2.24) is 0 Å². The van der Waals surface area contributed by atoms with Gasteiger partial charge in [-0.15, -0.1) is 0 Å². The van der Waals surface area contributed by atoms with Gasteiger partial charge in [0.25, 0.3) is 5.92 Å². The van der Waals surface area contributed by atoms with E-state index in [1.165, 1.54) is 0 Å². The third kappa shape index (κ3) is 5.26. The van der Waals surface area contributed by atoms with Gasteiger partial charge in [0.2, 0.25) is 0 Å². The molecular formula is C10H13F11NS+. The molecule has 0 saturated carbocycles. The second-order valence-electron chi connectivity index (χ2n) is 4.60. The molecule has 0 aromatic heterocycles. The highest BCUT2D eigenvalue weighted by molar-refractivity contribution is 7.99. The van der Waals surface area contributed by atoms with E-state index in [-0.39, 0.29) is 5.75 Å². The van der Waals surface area contributed by atoms with Gasteiger partial charge in [-0.25, -0.2) is 8.78 Å². The number of alkyl halides is 11. The van der Waals surface area contributed by atoms with Crippen LogP contribution < -0.4 is 5.73 Å². The summed E-state index contributed by atoms with van der Waals surface area (Å²) in [5.74, 6) is -25.2. The van der Waals surface area contributed by atoms with Gasteiger partial charge in [-0.2, -0.15) is 51.3 Å². The normalized spacial score (nSPS) is 15.1. The predicted octanol–water partition coefficient (Wildman–Crippen LogP) is 3.85. The number of thioether (sulfide) groups is 1. The molecule has 0 atom stereocenters. The van der Waals surface area contributed by atoms with Crippen molar-refractivity contribution in [3.63, 3.8) is 0 Å². The molecule has 0 heterocycles. The van der Waals surface area contributed by atoms with Gasteiger partial charge in [-0.05, 0) is 5.75 Å². The summed E-state index contributed by atoms with van der Waals surface area (Å²) in [7, 11) is 0. The average Bonchev–Trinajstić information content (AvgIpc) is 2.31. The Morgan fingerprint density at radius 3 is 1.57 bits per heavy atom. The van der Waals surface area contributed by atoms with Crippen LogP contribution in [-0.4, -0.2) is 47.9 Å². The highest BCUT2D eigenvalue weighted by Gasteiger charge is 2.82. The summed E-state index contributed by atoms with van der Waals surface area (Å²) >= 11 is 0.820. The first-order chi connectivity index (χ1) is 10.0. The molecule has 3 N–H and O–H groups in total. The standard InChI is InChI=1S/C10H12F11NS/c11-6(12,1-3-23-4-2-22)5-7(13,14)8(15,16)9(17,18)10(19,20)21/h1-5,22H2/p+1. The van der Waals surface area contributed by atoms with Crippen LogP contribution >= 0.6 is 11.8 Å². The fraction of sp³-hybridized carbons (Fsp3) is 1.00. The summed E-state index contributed by atoms with van der Waals surface area (Å²) in [4.78, 5) is 0. The molecule has 1 nitrogen and oxygen atoms in total. The zero-order chi connectivity index (χ0) is 18.7. The zero-order valence-electron chi connectivity index (χ0n) is 11.3. The first-order valence-electron chi connectivity index (χ1n) is 5.97. The van der Waals surface area contributed by atoms with Crippen LogP contribution in [-0.2, 0) is 0 Å². The minimum Gasteiger partial charge on any atom is -0.357 e. The molecule has 0 aliphatic rings. The topological polar surface area (TPSA) is 27.6 Å². The van der Waals surface area contributed by atoms with Crippen LogP contribution in [0.3, 0.4) is 0 Å². The Labute approximate surface area is 127 Å². The fourth-order valence-electron chi connectivity index (χ4n) is 1.36. The first-order valence-corrected chi connectivity index (χ1v) is 7.12. The van der Waals surface area contributed by atoms with Crippen LogP contribution in [0.25, 0.3) is 0 Å². The maximum absolute atomic E-state index is 13.2. The SMILES string of the molecule is [NH3+]CCSCCC(F)(F)CC(F)(F)C(F)(F)C(F)(F)C(F)(F)F. The van der Waals surface area contributed by atoms with Gasteiger partial charge in [0.1, 0.15) is 0 Å². The van der Waals surface area contributed by atoms with Gasteiger partial charge in [0.05, 0.1) is 13.0 Å². The molecular weight excluding hydrogens is 375 g/mol. The maximum Gasteiger partial charge on any atom is 0.460 e. The second-order valence-corrected chi connectivity index (χ2v) is 5.82. The van der Waals surface area contributed by atoms with E-state index in [4.69, 9.17) is 0 Å². The third-order valence-corrected chi connectivity index (χ3v) is 3.66. The van der Waals surface area contributed by atoms with Crippen molar-refractivity contribution >= 4 is 11.8 Å². The number of rotatable bonds is 9. The van der Waals surface area contributed by atoms with Crippen molar-refractivity contribution in [2.24, 2.45) is 0 Å². The van der Waals surface area contributed by atoms with Gasteiger partial charge in [0.15, 0.2) is 0 Å². The molecule has 0 radical (unpaired) electrons. The number of quaternary nitrogens is 1. The lowest BCUT2D eigenvalue weighted by molar-refractivity contribution is -0.400. The summed E-state index contributed by atoms with van der Waals surface area (Å²) in [5.41, 5.74) is 3.34. The van der Waals surface area contributed by atoms with E-state index >= 15 is 0 Å². The van der Waals surface area contributed by atoms with Crippen molar-refractivity contribution in [2.45, 2.75) is 42.7 Å². The largest absolute Gasteiger partial charge is 0.460 e. The second kappa shape index (κ2) is 7.19. The summed E-state index contributed by atoms with van der Waals surface area (Å²) in [6, 6.07) is 0. The minimum atomic E-state index is -7.15. The third-order valence-electron chi connectivity index (χ3n) is 2.59. The number of hydrogen-bond acceptors (Lipinski definition) is 1. The smallest absolute Gasteiger partial charge is 0.357 e. The average molecular weight is 388 g/mol. The monoisotopic (exact) mass is 388 g/mol. The summed E-state index contributed by atoms with van der Waals surface area (Å²) in [6.07, 6.45) is -11.5. The first kappa shape index (κ1) is 22.5. The van der Waals surface area contributed by atoms with E-state index < -0.39 is 48.5 Å². The van der Waals surface area contributed by atoms with Gasteiger partial charge in [0, 0.05) is 12.2 Å². The van der Waals surface area contributed by atoms with Crippen LogP contribution in [0.4, 0.5) is 48.3 Å². The lowest BCUT2D eigenvalue weighted by atomic mass is 9.97. The molecule has 0 fully saturated rings. The number of hydrogen-bond donors (Lipinski definition) is 1. The van der Waals surface area contributed by atoms with Crippen molar-refractivity contribution in [3.05, 3.63) is 0 Å². The Kier molecular flexibility index (Phi) is 7.05. The fourth-order valence-corrected chi connectivity index (χ4v) is 2.21. The lowest BCUT2D eigenvalue weighted by Crippen LogP contribution is -2.61. The van der Waals surface area contributed by atoms with Crippen LogP contribution in [0.1, 0.15) is 12.8 Å². The Hall–Kier alpha value is -0.460. The summed E-state index contributed by atoms with van der Waals surface area (Å²) in [5, 5.41) is 0. The van der Waals surface area contributed by atoms with Gasteiger partial charge >= 0.3 is 23.9 Å². The molecule has 0 unspecified atom stereocenters. The van der Waals surface area contributed by atoms with Crippen LogP contribution in [0.15, 0.2) is 0 Å². The van der Waals surface area contributed by atoms with E-state index in [1.54, 1.807) is 0 Å². The molecule has 0 bridgehead atoms. The molecule has 0 rings (SSSR count). The highest BCUT2D eigenvalue weighted by atomic mass is 32.2.